The number of aliphatic hydroxyl groups is 1. The van der Waals surface area contributed by atoms with E-state index in [0.717, 1.165) is 6.54 Å². The molecule has 0 saturated carbocycles. The highest BCUT2D eigenvalue weighted by Gasteiger charge is 2.15. The Morgan fingerprint density at radius 1 is 1.16 bits per heavy atom. The van der Waals surface area contributed by atoms with Crippen LogP contribution in [0.25, 0.3) is 5.65 Å². The van der Waals surface area contributed by atoms with E-state index in [1.165, 1.54) is 10.2 Å². The minimum Gasteiger partial charge on any atom is -0.396 e. The van der Waals surface area contributed by atoms with Crippen LogP contribution < -0.4 is 5.69 Å². The zero-order valence-electron chi connectivity index (χ0n) is 14.5. The predicted octanol–water partition coefficient (Wildman–Crippen LogP) is 1.77. The van der Waals surface area contributed by atoms with Gasteiger partial charge < -0.3 is 5.11 Å². The van der Waals surface area contributed by atoms with E-state index in [1.54, 1.807) is 10.6 Å². The highest BCUT2D eigenvalue weighted by atomic mass is 16.3. The largest absolute Gasteiger partial charge is 0.396 e. The molecule has 3 rings (SSSR count). The fraction of sp³-hybridized carbons (Fsp3) is 0.368. The van der Waals surface area contributed by atoms with Gasteiger partial charge in [0.15, 0.2) is 5.65 Å². The van der Waals surface area contributed by atoms with Crippen molar-refractivity contribution in [3.63, 3.8) is 0 Å². The summed E-state index contributed by atoms with van der Waals surface area (Å²) in [7, 11) is 0. The summed E-state index contributed by atoms with van der Waals surface area (Å²) >= 11 is 0. The Balaban J connectivity index is 1.75. The normalized spacial score (nSPS) is 12.8. The monoisotopic (exact) mass is 340 g/mol. The molecule has 0 bridgehead atoms. The van der Waals surface area contributed by atoms with Crippen molar-refractivity contribution in [3.05, 3.63) is 70.8 Å². The van der Waals surface area contributed by atoms with E-state index in [4.69, 9.17) is 0 Å². The first-order chi connectivity index (χ1) is 12.2. The molecular formula is C19H24N4O2. The second kappa shape index (κ2) is 8.09. The van der Waals surface area contributed by atoms with Crippen molar-refractivity contribution in [2.75, 3.05) is 13.2 Å². The molecule has 0 aliphatic rings. The summed E-state index contributed by atoms with van der Waals surface area (Å²) < 4.78 is 3.07. The van der Waals surface area contributed by atoms with Gasteiger partial charge in [0.2, 0.25) is 0 Å². The zero-order valence-corrected chi connectivity index (χ0v) is 14.5. The van der Waals surface area contributed by atoms with Crippen LogP contribution in [0, 0.1) is 0 Å². The molecule has 0 spiro atoms. The van der Waals surface area contributed by atoms with Gasteiger partial charge >= 0.3 is 5.69 Å². The maximum Gasteiger partial charge on any atom is 0.350 e. The van der Waals surface area contributed by atoms with Crippen molar-refractivity contribution in [2.24, 2.45) is 0 Å². The molecule has 0 amide bonds. The van der Waals surface area contributed by atoms with Crippen LogP contribution in [-0.2, 0) is 13.1 Å². The van der Waals surface area contributed by atoms with Crippen molar-refractivity contribution in [1.29, 1.82) is 0 Å². The Morgan fingerprint density at radius 2 is 1.92 bits per heavy atom. The molecule has 6 nitrogen and oxygen atoms in total. The summed E-state index contributed by atoms with van der Waals surface area (Å²) in [5.41, 5.74) is 1.75. The highest BCUT2D eigenvalue weighted by molar-refractivity contribution is 5.35. The lowest BCUT2D eigenvalue weighted by Crippen LogP contribution is -2.37. The number of hydrogen-bond donors (Lipinski definition) is 1. The number of rotatable bonds is 8. The molecule has 1 atom stereocenters. The number of fused-ring (bicyclic) bond motifs is 1. The van der Waals surface area contributed by atoms with Crippen LogP contribution in [0.15, 0.2) is 59.5 Å². The minimum atomic E-state index is -0.120. The van der Waals surface area contributed by atoms with Crippen molar-refractivity contribution < 1.29 is 5.11 Å². The Bertz CT molecular complexity index is 856. The van der Waals surface area contributed by atoms with E-state index in [2.05, 4.69) is 29.1 Å². The molecule has 25 heavy (non-hydrogen) atoms. The summed E-state index contributed by atoms with van der Waals surface area (Å²) in [5.74, 6) is 0. The second-order valence-electron chi connectivity index (χ2n) is 6.25. The SMILES string of the molecule is CC(CCO)N(CCn1nc2ccccn2c1=O)Cc1ccccc1. The third kappa shape index (κ3) is 4.15. The average molecular weight is 340 g/mol. The van der Waals surface area contributed by atoms with E-state index in [-0.39, 0.29) is 18.3 Å². The van der Waals surface area contributed by atoms with Crippen LogP contribution in [0.4, 0.5) is 0 Å². The lowest BCUT2D eigenvalue weighted by Gasteiger charge is -2.28. The molecule has 6 heteroatoms. The van der Waals surface area contributed by atoms with Crippen molar-refractivity contribution in [1.82, 2.24) is 19.1 Å². The van der Waals surface area contributed by atoms with E-state index < -0.39 is 0 Å². The Labute approximate surface area is 146 Å². The van der Waals surface area contributed by atoms with E-state index in [0.29, 0.717) is 25.2 Å². The minimum absolute atomic E-state index is 0.120. The first-order valence-electron chi connectivity index (χ1n) is 8.62. The average Bonchev–Trinajstić information content (AvgIpc) is 2.96. The number of aliphatic hydroxyl groups excluding tert-OH is 1. The van der Waals surface area contributed by atoms with Crippen LogP contribution >= 0.6 is 0 Å². The Hall–Kier alpha value is -2.44. The summed E-state index contributed by atoms with van der Waals surface area (Å²) in [6.07, 6.45) is 2.43. The number of hydrogen-bond acceptors (Lipinski definition) is 4. The van der Waals surface area contributed by atoms with E-state index >= 15 is 0 Å². The van der Waals surface area contributed by atoms with Gasteiger partial charge in [-0.25, -0.2) is 9.48 Å². The van der Waals surface area contributed by atoms with Gasteiger partial charge in [0, 0.05) is 31.9 Å². The van der Waals surface area contributed by atoms with Gasteiger partial charge in [0.1, 0.15) is 0 Å². The van der Waals surface area contributed by atoms with Crippen LogP contribution in [0.3, 0.4) is 0 Å². The molecule has 0 radical (unpaired) electrons. The lowest BCUT2D eigenvalue weighted by molar-refractivity contribution is 0.153. The standard InChI is InChI=1S/C19H24N4O2/c1-16(10-14-24)21(15-17-7-3-2-4-8-17)12-13-23-19(25)22-11-6-5-9-18(22)20-23/h2-9,11,16,24H,10,12-15H2,1H3. The molecular weight excluding hydrogens is 316 g/mol. The van der Waals surface area contributed by atoms with Gasteiger partial charge in [-0.05, 0) is 31.0 Å². The predicted molar refractivity (Wildman–Crippen MR) is 97.5 cm³/mol. The third-order valence-electron chi connectivity index (χ3n) is 4.49. The molecule has 2 heterocycles. The van der Waals surface area contributed by atoms with Crippen molar-refractivity contribution >= 4 is 5.65 Å². The number of pyridine rings is 1. The lowest BCUT2D eigenvalue weighted by atomic mass is 10.1. The van der Waals surface area contributed by atoms with Gasteiger partial charge in [0.05, 0.1) is 6.54 Å². The Morgan fingerprint density at radius 3 is 2.64 bits per heavy atom. The Kier molecular flexibility index (Phi) is 5.63. The quantitative estimate of drug-likeness (QED) is 0.679. The topological polar surface area (TPSA) is 62.8 Å². The molecule has 2 aromatic heterocycles. The van der Waals surface area contributed by atoms with Gasteiger partial charge in [-0.2, -0.15) is 0 Å². The smallest absolute Gasteiger partial charge is 0.350 e. The molecule has 0 saturated heterocycles. The second-order valence-corrected chi connectivity index (χ2v) is 6.25. The summed E-state index contributed by atoms with van der Waals surface area (Å²) in [6.45, 7) is 4.25. The molecule has 0 fully saturated rings. The number of nitrogens with zero attached hydrogens (tertiary/aromatic N) is 4. The van der Waals surface area contributed by atoms with E-state index in [9.17, 15) is 9.90 Å². The molecule has 1 aromatic carbocycles. The molecule has 132 valence electrons. The van der Waals surface area contributed by atoms with E-state index in [1.807, 2.05) is 36.4 Å². The maximum atomic E-state index is 12.4. The summed E-state index contributed by atoms with van der Waals surface area (Å²) in [4.78, 5) is 14.7. The fourth-order valence-corrected chi connectivity index (χ4v) is 2.98. The fourth-order valence-electron chi connectivity index (χ4n) is 2.98. The van der Waals surface area contributed by atoms with Crippen molar-refractivity contribution in [3.8, 4) is 0 Å². The van der Waals surface area contributed by atoms with Crippen LogP contribution in [0.1, 0.15) is 18.9 Å². The number of aromatic nitrogens is 3. The van der Waals surface area contributed by atoms with Crippen LogP contribution in [-0.4, -0.2) is 43.4 Å². The van der Waals surface area contributed by atoms with Crippen LogP contribution in [0.5, 0.6) is 0 Å². The van der Waals surface area contributed by atoms with Gasteiger partial charge in [-0.1, -0.05) is 36.4 Å². The first-order valence-corrected chi connectivity index (χ1v) is 8.62. The summed E-state index contributed by atoms with van der Waals surface area (Å²) in [5, 5.41) is 13.7. The van der Waals surface area contributed by atoms with Crippen molar-refractivity contribution in [2.45, 2.75) is 32.5 Å². The first kappa shape index (κ1) is 17.4. The van der Waals surface area contributed by atoms with Gasteiger partial charge in [-0.3, -0.25) is 9.30 Å². The highest BCUT2D eigenvalue weighted by Crippen LogP contribution is 2.11. The maximum absolute atomic E-state index is 12.4. The zero-order chi connectivity index (χ0) is 17.6. The molecule has 0 aliphatic carbocycles. The van der Waals surface area contributed by atoms with Crippen LogP contribution in [0.2, 0.25) is 0 Å². The third-order valence-corrected chi connectivity index (χ3v) is 4.49. The van der Waals surface area contributed by atoms with Gasteiger partial charge in [-0.15, -0.1) is 5.10 Å². The molecule has 1 N–H and O–H groups in total. The van der Waals surface area contributed by atoms with Gasteiger partial charge in [0.25, 0.3) is 0 Å². The summed E-state index contributed by atoms with van der Waals surface area (Å²) in [6, 6.07) is 16.0. The molecule has 1 unspecified atom stereocenters. The number of benzene rings is 1. The molecule has 0 aliphatic heterocycles. The molecule has 3 aromatic rings.